The monoisotopic (exact) mass is 426 g/mol. The lowest BCUT2D eigenvalue weighted by Gasteiger charge is -2.32. The zero-order chi connectivity index (χ0) is 22.9. The molecule has 2 heterocycles. The van der Waals surface area contributed by atoms with Gasteiger partial charge in [0.25, 0.3) is 5.91 Å². The Bertz CT molecular complexity index is 1000. The minimum atomic E-state index is -0.563. The van der Waals surface area contributed by atoms with E-state index in [0.717, 1.165) is 0 Å². The molecule has 9 nitrogen and oxygen atoms in total. The molecule has 2 N–H and O–H groups in total. The van der Waals surface area contributed by atoms with Crippen molar-refractivity contribution in [1.29, 1.82) is 0 Å². The molecule has 0 atom stereocenters. The predicted octanol–water partition coefficient (Wildman–Crippen LogP) is 2.81. The minimum absolute atomic E-state index is 0.0210. The second kappa shape index (κ2) is 8.41. The Balaban J connectivity index is 2.01. The maximum atomic E-state index is 12.9. The Morgan fingerprint density at radius 2 is 2.00 bits per heavy atom. The van der Waals surface area contributed by atoms with Crippen LogP contribution in [-0.4, -0.2) is 55.6 Å². The smallest absolute Gasteiger partial charge is 0.251 e. The number of rotatable bonds is 5. The Kier molecular flexibility index (Phi) is 6.06. The van der Waals surface area contributed by atoms with Crippen LogP contribution in [0.15, 0.2) is 24.4 Å². The molecule has 1 aliphatic heterocycles. The molecule has 9 heteroatoms. The molecular formula is C22H30N6O3. The number of aromatic nitrogens is 2. The lowest BCUT2D eigenvalue weighted by Crippen LogP contribution is -2.44. The molecule has 1 aromatic heterocycles. The van der Waals surface area contributed by atoms with Crippen molar-refractivity contribution in [3.8, 4) is 5.75 Å². The maximum Gasteiger partial charge on any atom is 0.251 e. The largest absolute Gasteiger partial charge is 0.495 e. The minimum Gasteiger partial charge on any atom is -0.495 e. The van der Waals surface area contributed by atoms with Crippen molar-refractivity contribution < 1.29 is 14.3 Å². The number of carbonyl (C=O) groups is 2. The van der Waals surface area contributed by atoms with Gasteiger partial charge in [-0.05, 0) is 45.9 Å². The van der Waals surface area contributed by atoms with Crippen LogP contribution in [0.3, 0.4) is 0 Å². The third kappa shape index (κ3) is 4.26. The second-order valence-corrected chi connectivity index (χ2v) is 8.49. The summed E-state index contributed by atoms with van der Waals surface area (Å²) in [5.41, 5.74) is 1.22. The molecule has 1 aliphatic rings. The van der Waals surface area contributed by atoms with Crippen LogP contribution < -0.4 is 25.2 Å². The summed E-state index contributed by atoms with van der Waals surface area (Å²) in [7, 11) is 4.87. The molecule has 0 spiro atoms. The summed E-state index contributed by atoms with van der Waals surface area (Å²) >= 11 is 0. The molecule has 3 rings (SSSR count). The maximum absolute atomic E-state index is 12.9. The molecular weight excluding hydrogens is 396 g/mol. The van der Waals surface area contributed by atoms with Gasteiger partial charge in [0.2, 0.25) is 11.9 Å². The number of hydrogen-bond acceptors (Lipinski definition) is 7. The zero-order valence-electron chi connectivity index (χ0n) is 19.1. The first-order valence-electron chi connectivity index (χ1n) is 10.2. The number of ether oxygens (including phenoxy) is 1. The number of carbonyl (C=O) groups excluding carboxylic acids is 2. The van der Waals surface area contributed by atoms with Crippen molar-refractivity contribution in [2.24, 2.45) is 5.41 Å². The van der Waals surface area contributed by atoms with Crippen molar-refractivity contribution in [3.05, 3.63) is 30.0 Å². The van der Waals surface area contributed by atoms with E-state index >= 15 is 0 Å². The van der Waals surface area contributed by atoms with Gasteiger partial charge in [-0.2, -0.15) is 4.98 Å². The van der Waals surface area contributed by atoms with Crippen LogP contribution in [0.1, 0.15) is 38.1 Å². The Morgan fingerprint density at radius 3 is 2.61 bits per heavy atom. The van der Waals surface area contributed by atoms with Gasteiger partial charge in [-0.25, -0.2) is 4.98 Å². The van der Waals surface area contributed by atoms with E-state index in [0.29, 0.717) is 41.0 Å². The standard InChI is InChI=1S/C22H30N6O3/c1-13(2)28-12-22(3,4)20(30)27(6)16-11-24-21(26-18(16)28)25-15-9-8-14(19(29)23-5)10-17(15)31-7/h8-11,13H,12H2,1-7H3,(H,23,29)(H,24,25,26). The molecule has 0 saturated heterocycles. The molecule has 0 radical (unpaired) electrons. The molecule has 0 bridgehead atoms. The van der Waals surface area contributed by atoms with Gasteiger partial charge in [0.05, 0.1) is 24.4 Å². The number of fused-ring (bicyclic) bond motifs is 1. The molecule has 2 aromatic rings. The van der Waals surface area contributed by atoms with Crippen LogP contribution in [0.5, 0.6) is 5.75 Å². The first-order valence-corrected chi connectivity index (χ1v) is 10.2. The highest BCUT2D eigenvalue weighted by Crippen LogP contribution is 2.38. The summed E-state index contributed by atoms with van der Waals surface area (Å²) in [6.07, 6.45) is 1.66. The summed E-state index contributed by atoms with van der Waals surface area (Å²) in [5.74, 6) is 1.38. The predicted molar refractivity (Wildman–Crippen MR) is 121 cm³/mol. The number of benzene rings is 1. The molecule has 0 aliphatic carbocycles. The molecule has 0 fully saturated rings. The molecule has 31 heavy (non-hydrogen) atoms. The Morgan fingerprint density at radius 1 is 1.29 bits per heavy atom. The van der Waals surface area contributed by atoms with Gasteiger partial charge in [0, 0.05) is 32.2 Å². The van der Waals surface area contributed by atoms with Crippen molar-refractivity contribution in [2.45, 2.75) is 33.7 Å². The topological polar surface area (TPSA) is 99.7 Å². The second-order valence-electron chi connectivity index (χ2n) is 8.49. The highest BCUT2D eigenvalue weighted by molar-refractivity contribution is 6.01. The van der Waals surface area contributed by atoms with Gasteiger partial charge in [-0.3, -0.25) is 9.59 Å². The summed E-state index contributed by atoms with van der Waals surface area (Å²) < 4.78 is 5.44. The highest BCUT2D eigenvalue weighted by Gasteiger charge is 2.39. The van der Waals surface area contributed by atoms with Crippen LogP contribution in [0.2, 0.25) is 0 Å². The van der Waals surface area contributed by atoms with Crippen molar-refractivity contribution in [1.82, 2.24) is 15.3 Å². The van der Waals surface area contributed by atoms with Crippen LogP contribution >= 0.6 is 0 Å². The van der Waals surface area contributed by atoms with E-state index in [4.69, 9.17) is 9.72 Å². The molecule has 1 aromatic carbocycles. The quantitative estimate of drug-likeness (QED) is 0.758. The van der Waals surface area contributed by atoms with Crippen molar-refractivity contribution in [3.63, 3.8) is 0 Å². The third-order valence-electron chi connectivity index (χ3n) is 5.39. The number of amides is 2. The zero-order valence-corrected chi connectivity index (χ0v) is 19.1. The normalized spacial score (nSPS) is 15.4. The van der Waals surface area contributed by atoms with Gasteiger partial charge >= 0.3 is 0 Å². The number of methoxy groups -OCH3 is 1. The van der Waals surface area contributed by atoms with Gasteiger partial charge < -0.3 is 25.2 Å². The molecule has 2 amide bonds. The Labute approximate surface area is 182 Å². The first-order chi connectivity index (χ1) is 14.6. The Hall–Kier alpha value is -3.36. The van der Waals surface area contributed by atoms with Gasteiger partial charge in [0.1, 0.15) is 11.4 Å². The lowest BCUT2D eigenvalue weighted by atomic mass is 9.91. The number of nitrogens with one attached hydrogen (secondary N) is 2. The first kappa shape index (κ1) is 22.3. The van der Waals surface area contributed by atoms with E-state index in [1.54, 1.807) is 43.4 Å². The van der Waals surface area contributed by atoms with Crippen LogP contribution in [0.25, 0.3) is 0 Å². The van der Waals surface area contributed by atoms with Crippen molar-refractivity contribution in [2.75, 3.05) is 42.9 Å². The van der Waals surface area contributed by atoms with E-state index in [-0.39, 0.29) is 17.9 Å². The summed E-state index contributed by atoms with van der Waals surface area (Å²) in [5, 5.41) is 5.77. The van der Waals surface area contributed by atoms with E-state index in [9.17, 15) is 9.59 Å². The van der Waals surface area contributed by atoms with Gasteiger partial charge in [-0.1, -0.05) is 0 Å². The number of anilines is 4. The van der Waals surface area contributed by atoms with Crippen LogP contribution in [-0.2, 0) is 4.79 Å². The molecule has 0 saturated carbocycles. The average molecular weight is 427 g/mol. The van der Waals surface area contributed by atoms with E-state index < -0.39 is 5.41 Å². The summed E-state index contributed by atoms with van der Waals surface area (Å²) in [6, 6.07) is 5.24. The number of nitrogens with zero attached hydrogens (tertiary/aromatic N) is 4. The van der Waals surface area contributed by atoms with E-state index in [2.05, 4.69) is 34.4 Å². The van der Waals surface area contributed by atoms with Gasteiger partial charge in [-0.15, -0.1) is 0 Å². The highest BCUT2D eigenvalue weighted by atomic mass is 16.5. The van der Waals surface area contributed by atoms with Crippen molar-refractivity contribution >= 4 is 35.0 Å². The fraction of sp³-hybridized carbons (Fsp3) is 0.455. The molecule has 166 valence electrons. The molecule has 0 unspecified atom stereocenters. The van der Waals surface area contributed by atoms with Crippen LogP contribution in [0.4, 0.5) is 23.1 Å². The fourth-order valence-electron chi connectivity index (χ4n) is 3.63. The lowest BCUT2D eigenvalue weighted by molar-refractivity contribution is -0.125. The number of hydrogen-bond donors (Lipinski definition) is 2. The SMILES string of the molecule is CNC(=O)c1ccc(Nc2ncc3c(n2)N(C(C)C)CC(C)(C)C(=O)N3C)c(OC)c1. The fourth-order valence-corrected chi connectivity index (χ4v) is 3.63. The van der Waals surface area contributed by atoms with Gasteiger partial charge in [0.15, 0.2) is 5.82 Å². The van der Waals surface area contributed by atoms with E-state index in [1.807, 2.05) is 13.8 Å². The van der Waals surface area contributed by atoms with Crippen LogP contribution in [0, 0.1) is 5.41 Å². The van der Waals surface area contributed by atoms with E-state index in [1.165, 1.54) is 7.11 Å². The third-order valence-corrected chi connectivity index (χ3v) is 5.39. The summed E-state index contributed by atoms with van der Waals surface area (Å²) in [4.78, 5) is 37.8. The summed E-state index contributed by atoms with van der Waals surface area (Å²) in [6.45, 7) is 8.58. The average Bonchev–Trinajstić information content (AvgIpc) is 2.82.